The van der Waals surface area contributed by atoms with Crippen molar-refractivity contribution in [1.29, 1.82) is 0 Å². The Morgan fingerprint density at radius 3 is 0.160 bits per heavy atom. The monoisotopic (exact) mass is 541 g/mol. The van der Waals surface area contributed by atoms with Gasteiger partial charge in [-0.3, -0.25) is 81.5 Å². The molecule has 12 nitrogen and oxygen atoms in total. The first-order chi connectivity index (χ1) is 12.0. The van der Waals surface area contributed by atoms with Gasteiger partial charge in [0.15, 0.2) is 0 Å². The average molecular weight is 540 g/mol. The van der Waals surface area contributed by atoms with Crippen LogP contribution in [0, 0.1) is 0 Å². The van der Waals surface area contributed by atoms with E-state index in [2.05, 4.69) is 81.5 Å². The van der Waals surface area contributed by atoms with Gasteiger partial charge in [0.05, 0.1) is 0 Å². The molecule has 0 aromatic rings. The molecule has 0 bridgehead atoms. The summed E-state index contributed by atoms with van der Waals surface area (Å²) in [5, 5.41) is 0. The Morgan fingerprint density at radius 2 is 0.160 bits per heavy atom. The molecule has 0 aliphatic heterocycles. The zero-order valence-corrected chi connectivity index (χ0v) is 14.6. The Morgan fingerprint density at radius 1 is 0.160 bits per heavy atom. The van der Waals surface area contributed by atoms with Crippen molar-refractivity contribution in [3.63, 3.8) is 0 Å². The summed E-state index contributed by atoms with van der Waals surface area (Å²) in [6.07, 6.45) is 0. The summed E-state index contributed by atoms with van der Waals surface area (Å²) in [5.74, 6) is 0. The molecule has 0 fully saturated rings. The molecule has 153 valence electrons. The van der Waals surface area contributed by atoms with Crippen LogP contribution in [0.2, 0.25) is 0 Å². The van der Waals surface area contributed by atoms with Crippen molar-refractivity contribution in [3.8, 4) is 0 Å². The maximum Gasteiger partial charge on any atom is 0 e. The molecule has 0 amide bonds. The van der Waals surface area contributed by atoms with E-state index in [0.717, 1.165) is 0 Å². The van der Waals surface area contributed by atoms with Crippen LogP contribution >= 0.6 is 0 Å². The average Bonchev–Trinajstić information content (AvgIpc) is 2.84. The fraction of sp³-hybridized carbons (Fsp3) is 0. The summed E-state index contributed by atoms with van der Waals surface area (Å²) in [6, 6.07) is 0. The van der Waals surface area contributed by atoms with Gasteiger partial charge in [-0.1, -0.05) is 0 Å². The van der Waals surface area contributed by atoms with E-state index in [1.807, 2.05) is 0 Å². The van der Waals surface area contributed by atoms with Crippen LogP contribution in [0.4, 0.5) is 0 Å². The van der Waals surface area contributed by atoms with Crippen LogP contribution in [-0.2, 0) is 77.6 Å². The topological polar surface area (TPSA) is 205 Å². The van der Waals surface area contributed by atoms with E-state index in [0.29, 0.717) is 0 Å². The van der Waals surface area contributed by atoms with Crippen molar-refractivity contribution >= 4 is 81.5 Å². The smallest absolute Gasteiger partial charge is 0 e. The number of carbonyl (C=O) groups excluding carboxylic acids is 12. The van der Waals surface area contributed by atoms with Crippen molar-refractivity contribution in [3.05, 3.63) is 0 Å². The summed E-state index contributed by atoms with van der Waals surface area (Å²) >= 11 is 0. The van der Waals surface area contributed by atoms with E-state index in [1.54, 1.807) is 0 Å². The van der Waals surface area contributed by atoms with Crippen LogP contribution in [-0.4, -0.2) is 81.5 Å². The number of hydrogen-bond acceptors (Lipinski definition) is 12. The van der Waals surface area contributed by atoms with E-state index >= 15 is 0 Å². The SMILES string of the molecule is [CH-]=O.[CH-]=O.[CH-]=O.[CH-]=O.[CH-]=O.[CH-]=O.[CH-]=O.[CH-]=O.[CH-]=O.[CH-]=O.[CH-]=O.[CH-]=O.[Ir]. The Balaban J connectivity index is -0.00000000569. The van der Waals surface area contributed by atoms with Gasteiger partial charge in [-0.2, -0.15) is 0 Å². The van der Waals surface area contributed by atoms with Crippen LogP contribution in [0.1, 0.15) is 0 Å². The standard InChI is InChI=1S/12CHO.Ir/c12*1-2;/h12*1H;/q12*-1;. The minimum absolute atomic E-state index is 0. The zero-order chi connectivity index (χ0) is 24.0. The van der Waals surface area contributed by atoms with Gasteiger partial charge in [0.2, 0.25) is 0 Å². The van der Waals surface area contributed by atoms with Crippen LogP contribution in [0.25, 0.3) is 0 Å². The van der Waals surface area contributed by atoms with Gasteiger partial charge < -0.3 is 57.5 Å². The Labute approximate surface area is 159 Å². The van der Waals surface area contributed by atoms with Gasteiger partial charge in [0.1, 0.15) is 0 Å². The molecule has 0 rings (SSSR count). The first-order valence-electron chi connectivity index (χ1n) is 2.83. The zero-order valence-electron chi connectivity index (χ0n) is 12.2. The third-order valence-corrected chi connectivity index (χ3v) is 0. The first-order valence-corrected chi connectivity index (χ1v) is 2.83. The summed E-state index contributed by atoms with van der Waals surface area (Å²) < 4.78 is 0. The molecule has 0 aliphatic rings. The molecule has 0 N–H and O–H groups in total. The van der Waals surface area contributed by atoms with Crippen molar-refractivity contribution in [1.82, 2.24) is 0 Å². The van der Waals surface area contributed by atoms with E-state index < -0.39 is 0 Å². The molecule has 0 heterocycles. The van der Waals surface area contributed by atoms with Gasteiger partial charge in [0, 0.05) is 20.1 Å². The number of hydrogen-bond donors (Lipinski definition) is 0. The van der Waals surface area contributed by atoms with E-state index in [4.69, 9.17) is 57.5 Å². The van der Waals surface area contributed by atoms with Gasteiger partial charge >= 0.3 is 0 Å². The summed E-state index contributed by atoms with van der Waals surface area (Å²) in [6.45, 7) is 39.0. The van der Waals surface area contributed by atoms with Crippen molar-refractivity contribution in [2.24, 2.45) is 0 Å². The summed E-state index contributed by atoms with van der Waals surface area (Å²) in [7, 11) is 0. The molecule has 1 radical (unpaired) electrons. The minimum atomic E-state index is 0. The summed E-state index contributed by atoms with van der Waals surface area (Å²) in [4.78, 5) is 93.0. The second kappa shape index (κ2) is 732. The fourth-order valence-electron chi connectivity index (χ4n) is 0. The van der Waals surface area contributed by atoms with Crippen LogP contribution in [0.3, 0.4) is 0 Å². The van der Waals surface area contributed by atoms with Crippen molar-refractivity contribution in [2.75, 3.05) is 0 Å². The Hall–Kier alpha value is -3.31. The maximum absolute atomic E-state index is 7.75. The van der Waals surface area contributed by atoms with E-state index in [9.17, 15) is 0 Å². The molecule has 25 heavy (non-hydrogen) atoms. The van der Waals surface area contributed by atoms with Crippen molar-refractivity contribution < 1.29 is 77.6 Å². The van der Waals surface area contributed by atoms with Gasteiger partial charge in [0.25, 0.3) is 0 Å². The van der Waals surface area contributed by atoms with Crippen LogP contribution in [0.15, 0.2) is 0 Å². The van der Waals surface area contributed by atoms with E-state index in [1.165, 1.54) is 0 Å². The third kappa shape index (κ3) is 659. The van der Waals surface area contributed by atoms with Gasteiger partial charge in [-0.05, 0) is 0 Å². The van der Waals surface area contributed by atoms with Crippen molar-refractivity contribution in [2.45, 2.75) is 0 Å². The Bertz CT molecular complexity index is 73.1. The second-order valence-electron chi connectivity index (χ2n) is 0. The maximum atomic E-state index is 7.75. The molecule has 0 unspecified atom stereocenters. The van der Waals surface area contributed by atoms with Gasteiger partial charge in [-0.15, -0.1) is 0 Å². The number of rotatable bonds is 0. The molecule has 0 aromatic carbocycles. The predicted octanol–water partition coefficient (Wildman–Crippen LogP) is -3.29. The molecular weight excluding hydrogens is 528 g/mol. The van der Waals surface area contributed by atoms with Crippen LogP contribution in [0.5, 0.6) is 0 Å². The molecule has 0 atom stereocenters. The molecular formula is C12H12IrO12-12. The molecule has 0 saturated heterocycles. The summed E-state index contributed by atoms with van der Waals surface area (Å²) in [5.41, 5.74) is 0. The normalized spacial score (nSPS) is 1.92. The largest absolute Gasteiger partial charge is 0.545 e. The molecule has 0 spiro atoms. The second-order valence-corrected chi connectivity index (χ2v) is 0. The minimum Gasteiger partial charge on any atom is -0.545 e. The fourth-order valence-corrected chi connectivity index (χ4v) is 0. The first kappa shape index (κ1) is 123. The molecule has 0 aliphatic carbocycles. The molecule has 0 aromatic heterocycles. The molecule has 13 heteroatoms. The predicted molar refractivity (Wildman–Crippen MR) is 81.0 cm³/mol. The molecule has 0 saturated carbocycles. The third-order valence-electron chi connectivity index (χ3n) is 0. The quantitative estimate of drug-likeness (QED) is 0.219. The van der Waals surface area contributed by atoms with E-state index in [-0.39, 0.29) is 20.1 Å². The van der Waals surface area contributed by atoms with Crippen LogP contribution < -0.4 is 0 Å². The van der Waals surface area contributed by atoms with Gasteiger partial charge in [-0.25, -0.2) is 0 Å². The Kier molecular flexibility index (Phi) is 3600.